The van der Waals surface area contributed by atoms with Gasteiger partial charge in [-0.3, -0.25) is 0 Å². The Kier molecular flexibility index (Phi) is 3.96. The predicted octanol–water partition coefficient (Wildman–Crippen LogP) is 6.29. The minimum Gasteiger partial charge on any atom is -0.461 e. The average molecular weight is 362 g/mol. The summed E-state index contributed by atoms with van der Waals surface area (Å²) in [6.45, 7) is 0. The molecule has 3 heteroatoms. The molecule has 3 aromatic carbocycles. The fourth-order valence-corrected chi connectivity index (χ4v) is 3.76. The molecule has 1 unspecified atom stereocenters. The molecule has 3 aromatic rings. The van der Waals surface area contributed by atoms with Gasteiger partial charge in [-0.25, -0.2) is 0 Å². The Morgan fingerprint density at radius 3 is 2.36 bits per heavy atom. The van der Waals surface area contributed by atoms with E-state index in [9.17, 15) is 0 Å². The van der Waals surface area contributed by atoms with Crippen LogP contribution in [-0.4, -0.2) is 0 Å². The van der Waals surface area contributed by atoms with Crippen molar-refractivity contribution in [3.8, 4) is 22.9 Å². The van der Waals surface area contributed by atoms with Crippen LogP contribution in [0.3, 0.4) is 0 Å². The van der Waals surface area contributed by atoms with Gasteiger partial charge in [0.05, 0.1) is 11.6 Å². The molecule has 0 fully saturated rings. The monoisotopic (exact) mass is 362 g/mol. The summed E-state index contributed by atoms with van der Waals surface area (Å²) in [6, 6.07) is 24.4. The van der Waals surface area contributed by atoms with E-state index in [1.807, 2.05) is 30.3 Å². The van der Waals surface area contributed by atoms with Gasteiger partial charge in [-0.1, -0.05) is 36.4 Å². The van der Waals surface area contributed by atoms with Gasteiger partial charge in [-0.05, 0) is 66.1 Å². The molecule has 1 heterocycles. The molecule has 0 saturated heterocycles. The second-order valence-corrected chi connectivity index (χ2v) is 7.03. The molecular formula is C25H18N2O. The molecule has 0 saturated carbocycles. The van der Waals surface area contributed by atoms with Crippen LogP contribution in [0.5, 0.6) is 5.75 Å². The van der Waals surface area contributed by atoms with Gasteiger partial charge in [0, 0.05) is 22.9 Å². The third-order valence-corrected chi connectivity index (χ3v) is 5.25. The van der Waals surface area contributed by atoms with Crippen molar-refractivity contribution in [2.75, 3.05) is 5.32 Å². The summed E-state index contributed by atoms with van der Waals surface area (Å²) in [5.41, 5.74) is 6.25. The van der Waals surface area contributed by atoms with Gasteiger partial charge in [0.1, 0.15) is 11.5 Å². The normalized spacial score (nSPS) is 16.4. The minimum absolute atomic E-state index is 0.334. The Morgan fingerprint density at radius 2 is 1.61 bits per heavy atom. The maximum Gasteiger partial charge on any atom is 0.131 e. The number of hydrogen-bond acceptors (Lipinski definition) is 3. The summed E-state index contributed by atoms with van der Waals surface area (Å²) >= 11 is 0. The molecule has 1 aliphatic heterocycles. The zero-order chi connectivity index (χ0) is 18.9. The van der Waals surface area contributed by atoms with Gasteiger partial charge < -0.3 is 10.1 Å². The zero-order valence-corrected chi connectivity index (χ0v) is 15.2. The van der Waals surface area contributed by atoms with Crippen LogP contribution >= 0.6 is 0 Å². The van der Waals surface area contributed by atoms with Crippen LogP contribution in [0.25, 0.3) is 11.1 Å². The summed E-state index contributed by atoms with van der Waals surface area (Å²) in [5.74, 6) is 2.34. The molecule has 2 aliphatic rings. The van der Waals surface area contributed by atoms with Gasteiger partial charge in [0.15, 0.2) is 0 Å². The largest absolute Gasteiger partial charge is 0.461 e. The van der Waals surface area contributed by atoms with Crippen molar-refractivity contribution in [1.29, 1.82) is 5.26 Å². The summed E-state index contributed by atoms with van der Waals surface area (Å²) < 4.78 is 5.96. The molecule has 0 spiro atoms. The molecule has 0 radical (unpaired) electrons. The number of anilines is 2. The average Bonchev–Trinajstić information content (AvgIpc) is 3.12. The van der Waals surface area contributed by atoms with Gasteiger partial charge in [0.2, 0.25) is 0 Å². The molecule has 0 amide bonds. The summed E-state index contributed by atoms with van der Waals surface area (Å²) in [4.78, 5) is 0. The van der Waals surface area contributed by atoms with E-state index in [-0.39, 0.29) is 0 Å². The molecule has 28 heavy (non-hydrogen) atoms. The van der Waals surface area contributed by atoms with Crippen LogP contribution in [0.15, 0.2) is 90.7 Å². The Labute approximate surface area is 164 Å². The first kappa shape index (κ1) is 16.4. The van der Waals surface area contributed by atoms with Crippen LogP contribution in [-0.2, 0) is 0 Å². The molecule has 3 nitrogen and oxygen atoms in total. The second kappa shape index (κ2) is 6.75. The first-order valence-corrected chi connectivity index (χ1v) is 9.36. The van der Waals surface area contributed by atoms with Crippen molar-refractivity contribution in [3.05, 3.63) is 102 Å². The maximum atomic E-state index is 8.93. The molecule has 1 atom stereocenters. The Morgan fingerprint density at radius 1 is 0.893 bits per heavy atom. The highest BCUT2D eigenvalue weighted by Crippen LogP contribution is 2.45. The van der Waals surface area contributed by atoms with Crippen LogP contribution in [0, 0.1) is 11.3 Å². The van der Waals surface area contributed by atoms with E-state index in [1.165, 1.54) is 5.56 Å². The molecular weight excluding hydrogens is 344 g/mol. The zero-order valence-electron chi connectivity index (χ0n) is 15.2. The van der Waals surface area contributed by atoms with Crippen molar-refractivity contribution in [2.45, 2.75) is 12.3 Å². The lowest BCUT2D eigenvalue weighted by Gasteiger charge is -2.12. The van der Waals surface area contributed by atoms with Crippen molar-refractivity contribution < 1.29 is 4.74 Å². The Bertz CT molecular complexity index is 1130. The van der Waals surface area contributed by atoms with Crippen molar-refractivity contribution >= 4 is 11.4 Å². The van der Waals surface area contributed by atoms with Gasteiger partial charge >= 0.3 is 0 Å². The van der Waals surface area contributed by atoms with Crippen LogP contribution in [0.1, 0.15) is 23.5 Å². The van der Waals surface area contributed by atoms with E-state index >= 15 is 0 Å². The van der Waals surface area contributed by atoms with Crippen molar-refractivity contribution in [3.63, 3.8) is 0 Å². The second-order valence-electron chi connectivity index (χ2n) is 7.03. The number of nitrogens with zero attached hydrogens (tertiary/aromatic N) is 1. The number of hydrogen-bond donors (Lipinski definition) is 1. The first-order valence-electron chi connectivity index (χ1n) is 9.36. The number of fused-ring (bicyclic) bond motifs is 3. The third-order valence-electron chi connectivity index (χ3n) is 5.25. The number of rotatable bonds is 3. The van der Waals surface area contributed by atoms with E-state index in [0.717, 1.165) is 40.4 Å². The number of ether oxygens (including phenoxy) is 1. The molecule has 1 N–H and O–H groups in total. The SMILES string of the molecule is N#Cc1ccc(-c2ccc(Nc3ccc4c(c3)C3CC=CC=C3O4)cc2)cc1. The van der Waals surface area contributed by atoms with Crippen molar-refractivity contribution in [1.82, 2.24) is 0 Å². The highest BCUT2D eigenvalue weighted by atomic mass is 16.5. The van der Waals surface area contributed by atoms with E-state index in [2.05, 4.69) is 66.0 Å². The fraction of sp³-hybridized carbons (Fsp3) is 0.0800. The molecule has 0 aromatic heterocycles. The highest BCUT2D eigenvalue weighted by Gasteiger charge is 2.29. The maximum absolute atomic E-state index is 8.93. The van der Waals surface area contributed by atoms with Crippen LogP contribution < -0.4 is 10.1 Å². The standard InChI is InChI=1S/C25H18N2O/c26-16-17-5-7-18(8-6-17)19-9-11-20(12-10-19)27-21-13-14-25-23(15-21)22-3-1-2-4-24(22)28-25/h1-2,4-15,22,27H,3H2. The Hall–Kier alpha value is -3.77. The highest BCUT2D eigenvalue weighted by molar-refractivity contribution is 5.70. The molecule has 1 aliphatic carbocycles. The summed E-state index contributed by atoms with van der Waals surface area (Å²) in [7, 11) is 0. The van der Waals surface area contributed by atoms with Crippen LogP contribution in [0.4, 0.5) is 11.4 Å². The van der Waals surface area contributed by atoms with Gasteiger partial charge in [-0.15, -0.1) is 0 Å². The quantitative estimate of drug-likeness (QED) is 0.595. The molecule has 134 valence electrons. The van der Waals surface area contributed by atoms with E-state index < -0.39 is 0 Å². The van der Waals surface area contributed by atoms with Crippen LogP contribution in [0.2, 0.25) is 0 Å². The number of benzene rings is 3. The summed E-state index contributed by atoms with van der Waals surface area (Å²) in [5, 5.41) is 12.4. The third kappa shape index (κ3) is 2.95. The summed E-state index contributed by atoms with van der Waals surface area (Å²) in [6.07, 6.45) is 7.30. The smallest absolute Gasteiger partial charge is 0.131 e. The Balaban J connectivity index is 1.35. The lowest BCUT2D eigenvalue weighted by Crippen LogP contribution is -2.00. The molecule has 5 rings (SSSR count). The van der Waals surface area contributed by atoms with E-state index in [1.54, 1.807) is 0 Å². The number of nitriles is 1. The number of allylic oxidation sites excluding steroid dienone is 4. The first-order chi connectivity index (χ1) is 13.8. The lowest BCUT2D eigenvalue weighted by molar-refractivity contribution is 0.425. The predicted molar refractivity (Wildman–Crippen MR) is 112 cm³/mol. The minimum atomic E-state index is 0.334. The van der Waals surface area contributed by atoms with Gasteiger partial charge in [0.25, 0.3) is 0 Å². The number of nitrogens with one attached hydrogen (secondary N) is 1. The lowest BCUT2D eigenvalue weighted by atomic mass is 9.92. The van der Waals surface area contributed by atoms with Crippen molar-refractivity contribution in [2.24, 2.45) is 0 Å². The van der Waals surface area contributed by atoms with E-state index in [4.69, 9.17) is 10.00 Å². The molecule has 0 bridgehead atoms. The fourth-order valence-electron chi connectivity index (χ4n) is 3.76. The van der Waals surface area contributed by atoms with Gasteiger partial charge in [-0.2, -0.15) is 5.26 Å². The van der Waals surface area contributed by atoms with E-state index in [0.29, 0.717) is 11.5 Å². The topological polar surface area (TPSA) is 45.0 Å².